The smallest absolute Gasteiger partial charge is 0.399 e. The van der Waals surface area contributed by atoms with Crippen molar-refractivity contribution in [1.82, 2.24) is 9.61 Å². The number of hydrogen-bond donors (Lipinski definition) is 0. The maximum absolute atomic E-state index is 13.6. The van der Waals surface area contributed by atoms with Crippen LogP contribution in [0.1, 0.15) is 27.7 Å². The van der Waals surface area contributed by atoms with E-state index in [1.165, 1.54) is 10.7 Å². The molecule has 0 saturated carbocycles. The topological polar surface area (TPSA) is 35.8 Å². The standard InChI is InChI=1S/C13H16BFN2O2/c1-12(2)13(3,4)19-14(18-12)9-5-6-17-11(7-9)10(15)8-16-17/h5-8H,1-4H3. The Hall–Kier alpha value is -1.40. The molecule has 0 bridgehead atoms. The molecule has 3 heterocycles. The lowest BCUT2D eigenvalue weighted by Crippen LogP contribution is -2.41. The largest absolute Gasteiger partial charge is 0.494 e. The molecule has 0 amide bonds. The summed E-state index contributed by atoms with van der Waals surface area (Å²) in [5.41, 5.74) is 0.420. The third-order valence-corrected chi connectivity index (χ3v) is 4.02. The van der Waals surface area contributed by atoms with Crippen LogP contribution in [0.5, 0.6) is 0 Å². The summed E-state index contributed by atoms with van der Waals surface area (Å²) in [4.78, 5) is 0. The third-order valence-electron chi connectivity index (χ3n) is 4.02. The maximum atomic E-state index is 13.6. The molecule has 0 N–H and O–H groups in total. The molecule has 2 aromatic heterocycles. The summed E-state index contributed by atoms with van der Waals surface area (Å²) >= 11 is 0. The van der Waals surface area contributed by atoms with Crippen LogP contribution in [0.25, 0.3) is 5.52 Å². The number of nitrogens with zero attached hydrogens (tertiary/aromatic N) is 2. The van der Waals surface area contributed by atoms with E-state index in [-0.39, 0.29) is 5.82 Å². The summed E-state index contributed by atoms with van der Waals surface area (Å²) in [6, 6.07) is 3.55. The molecular formula is C13H16BFN2O2. The lowest BCUT2D eigenvalue weighted by atomic mass is 9.79. The quantitative estimate of drug-likeness (QED) is 0.735. The van der Waals surface area contributed by atoms with Gasteiger partial charge in [-0.05, 0) is 45.3 Å². The normalized spacial score (nSPS) is 21.2. The summed E-state index contributed by atoms with van der Waals surface area (Å²) in [6.45, 7) is 7.96. The highest BCUT2D eigenvalue weighted by atomic mass is 19.1. The summed E-state index contributed by atoms with van der Waals surface area (Å²) in [5, 5.41) is 3.90. The van der Waals surface area contributed by atoms with Gasteiger partial charge in [0.15, 0.2) is 5.82 Å². The molecule has 0 aromatic carbocycles. The van der Waals surface area contributed by atoms with Crippen LogP contribution in [0.2, 0.25) is 0 Å². The molecule has 3 rings (SSSR count). The Labute approximate surface area is 111 Å². The molecule has 6 heteroatoms. The van der Waals surface area contributed by atoms with Gasteiger partial charge in [0.1, 0.15) is 5.52 Å². The van der Waals surface area contributed by atoms with Crippen molar-refractivity contribution in [2.24, 2.45) is 0 Å². The zero-order valence-corrected chi connectivity index (χ0v) is 11.5. The lowest BCUT2D eigenvalue weighted by Gasteiger charge is -2.32. The molecule has 4 nitrogen and oxygen atoms in total. The number of rotatable bonds is 1. The van der Waals surface area contributed by atoms with Crippen molar-refractivity contribution in [3.8, 4) is 0 Å². The summed E-state index contributed by atoms with van der Waals surface area (Å²) in [6.07, 6.45) is 2.90. The van der Waals surface area contributed by atoms with Gasteiger partial charge < -0.3 is 9.31 Å². The van der Waals surface area contributed by atoms with Crippen LogP contribution >= 0.6 is 0 Å². The predicted molar refractivity (Wildman–Crippen MR) is 70.9 cm³/mol. The van der Waals surface area contributed by atoms with Crippen molar-refractivity contribution in [2.45, 2.75) is 38.9 Å². The summed E-state index contributed by atoms with van der Waals surface area (Å²) in [7, 11) is -0.482. The van der Waals surface area contributed by atoms with Gasteiger partial charge in [-0.3, -0.25) is 0 Å². The van der Waals surface area contributed by atoms with E-state index in [0.29, 0.717) is 5.52 Å². The molecule has 19 heavy (non-hydrogen) atoms. The van der Waals surface area contributed by atoms with Crippen molar-refractivity contribution in [1.29, 1.82) is 0 Å². The average Bonchev–Trinajstić information content (AvgIpc) is 2.78. The van der Waals surface area contributed by atoms with Crippen LogP contribution < -0.4 is 5.46 Å². The monoisotopic (exact) mass is 262 g/mol. The first kappa shape index (κ1) is 12.6. The molecule has 0 aliphatic carbocycles. The second-order valence-corrected chi connectivity index (χ2v) is 5.87. The second-order valence-electron chi connectivity index (χ2n) is 5.87. The fraction of sp³-hybridized carbons (Fsp3) is 0.462. The first-order valence-corrected chi connectivity index (χ1v) is 6.29. The molecule has 0 unspecified atom stereocenters. The van der Waals surface area contributed by atoms with E-state index < -0.39 is 18.3 Å². The summed E-state index contributed by atoms with van der Waals surface area (Å²) < 4.78 is 26.9. The molecule has 1 fully saturated rings. The predicted octanol–water partition coefficient (Wildman–Crippen LogP) is 1.77. The zero-order valence-electron chi connectivity index (χ0n) is 11.5. The van der Waals surface area contributed by atoms with Gasteiger partial charge >= 0.3 is 7.12 Å². The Morgan fingerprint density at radius 3 is 2.47 bits per heavy atom. The van der Waals surface area contributed by atoms with Gasteiger partial charge in [0.25, 0.3) is 0 Å². The Bertz CT molecular complexity index is 623. The number of halogens is 1. The minimum atomic E-state index is -0.482. The van der Waals surface area contributed by atoms with Crippen LogP contribution in [0.3, 0.4) is 0 Å². The zero-order chi connectivity index (χ0) is 13.8. The van der Waals surface area contributed by atoms with Gasteiger partial charge in [0.2, 0.25) is 0 Å². The number of pyridine rings is 1. The van der Waals surface area contributed by atoms with E-state index in [0.717, 1.165) is 5.46 Å². The minimum absolute atomic E-state index is 0.349. The molecule has 1 saturated heterocycles. The highest BCUT2D eigenvalue weighted by Crippen LogP contribution is 2.36. The van der Waals surface area contributed by atoms with E-state index in [1.54, 1.807) is 12.3 Å². The van der Waals surface area contributed by atoms with Crippen LogP contribution in [-0.4, -0.2) is 27.9 Å². The van der Waals surface area contributed by atoms with Crippen molar-refractivity contribution < 1.29 is 13.7 Å². The number of aromatic nitrogens is 2. The van der Waals surface area contributed by atoms with Gasteiger partial charge in [-0.25, -0.2) is 8.91 Å². The molecule has 1 aliphatic rings. The van der Waals surface area contributed by atoms with Crippen LogP contribution in [0.15, 0.2) is 24.5 Å². The van der Waals surface area contributed by atoms with Crippen molar-refractivity contribution in [3.63, 3.8) is 0 Å². The van der Waals surface area contributed by atoms with E-state index in [2.05, 4.69) is 5.10 Å². The molecule has 0 atom stereocenters. The third kappa shape index (κ3) is 1.86. The highest BCUT2D eigenvalue weighted by molar-refractivity contribution is 6.62. The van der Waals surface area contributed by atoms with E-state index in [1.807, 2.05) is 33.8 Å². The fourth-order valence-corrected chi connectivity index (χ4v) is 2.09. The SMILES string of the molecule is CC1(C)OB(c2ccn3ncc(F)c3c2)OC1(C)C. The van der Waals surface area contributed by atoms with Crippen LogP contribution in [0, 0.1) is 5.82 Å². The number of hydrogen-bond acceptors (Lipinski definition) is 3. The van der Waals surface area contributed by atoms with Gasteiger partial charge in [-0.2, -0.15) is 5.10 Å². The van der Waals surface area contributed by atoms with Crippen LogP contribution in [0.4, 0.5) is 4.39 Å². The number of fused-ring (bicyclic) bond motifs is 1. The lowest BCUT2D eigenvalue weighted by molar-refractivity contribution is 0.00578. The Morgan fingerprint density at radius 1 is 1.21 bits per heavy atom. The van der Waals surface area contributed by atoms with Gasteiger partial charge in [0.05, 0.1) is 17.4 Å². The molecule has 2 aromatic rings. The van der Waals surface area contributed by atoms with Crippen molar-refractivity contribution in [2.75, 3.05) is 0 Å². The molecule has 0 radical (unpaired) electrons. The summed E-state index contributed by atoms with van der Waals surface area (Å²) in [5.74, 6) is -0.349. The van der Waals surface area contributed by atoms with E-state index >= 15 is 0 Å². The first-order valence-electron chi connectivity index (χ1n) is 6.29. The van der Waals surface area contributed by atoms with Gasteiger partial charge in [0, 0.05) is 6.20 Å². The van der Waals surface area contributed by atoms with Gasteiger partial charge in [-0.15, -0.1) is 0 Å². The molecule has 0 spiro atoms. The highest BCUT2D eigenvalue weighted by Gasteiger charge is 2.51. The van der Waals surface area contributed by atoms with Crippen molar-refractivity contribution >= 4 is 18.1 Å². The minimum Gasteiger partial charge on any atom is -0.399 e. The van der Waals surface area contributed by atoms with E-state index in [9.17, 15) is 4.39 Å². The molecule has 1 aliphatic heterocycles. The molecular weight excluding hydrogens is 246 g/mol. The molecule has 100 valence electrons. The fourth-order valence-electron chi connectivity index (χ4n) is 2.09. The Morgan fingerprint density at radius 2 is 1.84 bits per heavy atom. The van der Waals surface area contributed by atoms with Crippen molar-refractivity contribution in [3.05, 3.63) is 30.3 Å². The van der Waals surface area contributed by atoms with E-state index in [4.69, 9.17) is 9.31 Å². The second kappa shape index (κ2) is 3.80. The Balaban J connectivity index is 2.00. The van der Waals surface area contributed by atoms with Crippen LogP contribution in [-0.2, 0) is 9.31 Å². The maximum Gasteiger partial charge on any atom is 0.494 e. The van der Waals surface area contributed by atoms with Gasteiger partial charge in [-0.1, -0.05) is 0 Å². The first-order chi connectivity index (χ1) is 8.80. The average molecular weight is 262 g/mol. The Kier molecular flexibility index (Phi) is 2.53.